The van der Waals surface area contributed by atoms with Crippen molar-refractivity contribution in [2.75, 3.05) is 6.61 Å². The molecular formula is C76H146O8. The number of hydrogen-bond acceptors (Lipinski definition) is 5. The Morgan fingerprint density at radius 2 is 0.524 bits per heavy atom. The number of ketones is 1. The molecule has 8 nitrogen and oxygen atoms in total. The van der Waals surface area contributed by atoms with Gasteiger partial charge in [0.1, 0.15) is 5.41 Å². The number of hydrogen-bond donors (Lipinski definition) is 3. The maximum atomic E-state index is 14.1. The molecular weight excluding hydrogens is 1040 g/mol. The van der Waals surface area contributed by atoms with E-state index in [2.05, 4.69) is 41.5 Å². The fraction of sp³-hybridized carbons (Fsp3) is 0.947. The Bertz CT molecular complexity index is 1430. The van der Waals surface area contributed by atoms with Gasteiger partial charge in [0.05, 0.1) is 0 Å². The highest BCUT2D eigenvalue weighted by molar-refractivity contribution is 6.06. The molecule has 0 saturated heterocycles. The fourth-order valence-electron chi connectivity index (χ4n) is 13.5. The van der Waals surface area contributed by atoms with Crippen molar-refractivity contribution < 1.29 is 39.2 Å². The topological polar surface area (TPSA) is 138 Å². The summed E-state index contributed by atoms with van der Waals surface area (Å²) in [6.07, 6.45) is 64.8. The third-order valence-corrected chi connectivity index (χ3v) is 18.9. The van der Waals surface area contributed by atoms with Crippen molar-refractivity contribution in [3.8, 4) is 0 Å². The van der Waals surface area contributed by atoms with Gasteiger partial charge < -0.3 is 20.1 Å². The minimum absolute atomic E-state index is 0.0346. The fourth-order valence-corrected chi connectivity index (χ4v) is 13.5. The molecule has 2 unspecified atom stereocenters. The first-order chi connectivity index (χ1) is 40.7. The monoisotopic (exact) mass is 1190 g/mol. The third kappa shape index (κ3) is 44.5. The summed E-state index contributed by atoms with van der Waals surface area (Å²) in [7, 11) is 0. The van der Waals surface area contributed by atoms with Crippen LogP contribution < -0.4 is 0 Å². The van der Waals surface area contributed by atoms with Gasteiger partial charge in [-0.2, -0.15) is 0 Å². The van der Waals surface area contributed by atoms with Crippen molar-refractivity contribution in [3.05, 3.63) is 0 Å². The Balaban J connectivity index is 5.51. The standard InChI is InChI=1S/C76H146O8/c1-8-60-70(77)71(72(78)79)76(74(82)83,84-66-59-53-47-41-35-29-23-17-11-14-20-26-32-38-44-50-56-63-69(6)7)75(73(80)81,64-57-51-45-39-33-27-21-15-9-12-18-24-30-36-42-48-54-61-67(2)3)65-58-52-46-40-34-28-22-16-10-13-19-25-31-37-43-49-55-62-68(4)5/h67-69,71H,8-66H2,1-7H3,(H,78,79)(H,80,81)(H,82,83). The van der Waals surface area contributed by atoms with Gasteiger partial charge in [-0.25, -0.2) is 4.79 Å². The van der Waals surface area contributed by atoms with Crippen molar-refractivity contribution in [3.63, 3.8) is 0 Å². The lowest BCUT2D eigenvalue weighted by Gasteiger charge is -2.47. The second-order valence-electron chi connectivity index (χ2n) is 28.3. The third-order valence-electron chi connectivity index (χ3n) is 18.9. The van der Waals surface area contributed by atoms with Gasteiger partial charge in [-0.15, -0.1) is 0 Å². The van der Waals surface area contributed by atoms with Crippen LogP contribution in [0, 0.1) is 29.1 Å². The molecule has 0 amide bonds. The molecule has 3 N–H and O–H groups in total. The number of rotatable bonds is 69. The van der Waals surface area contributed by atoms with Crippen LogP contribution in [-0.2, 0) is 23.9 Å². The van der Waals surface area contributed by atoms with Crippen LogP contribution in [0.2, 0.25) is 0 Å². The number of carboxylic acid groups (broad SMARTS) is 3. The zero-order valence-electron chi connectivity index (χ0n) is 57.4. The van der Waals surface area contributed by atoms with Gasteiger partial charge in [-0.1, -0.05) is 389 Å². The van der Waals surface area contributed by atoms with Gasteiger partial charge in [-0.3, -0.25) is 14.4 Å². The smallest absolute Gasteiger partial charge is 0.338 e. The van der Waals surface area contributed by atoms with E-state index in [9.17, 15) is 34.5 Å². The van der Waals surface area contributed by atoms with E-state index >= 15 is 0 Å². The van der Waals surface area contributed by atoms with E-state index in [-0.39, 0.29) is 25.9 Å². The van der Waals surface area contributed by atoms with Crippen molar-refractivity contribution in [2.24, 2.45) is 29.1 Å². The summed E-state index contributed by atoms with van der Waals surface area (Å²) in [6.45, 7) is 15.6. The van der Waals surface area contributed by atoms with Crippen LogP contribution in [0.25, 0.3) is 0 Å². The van der Waals surface area contributed by atoms with Crippen molar-refractivity contribution in [1.82, 2.24) is 0 Å². The van der Waals surface area contributed by atoms with Gasteiger partial charge in [0.15, 0.2) is 11.7 Å². The van der Waals surface area contributed by atoms with Gasteiger partial charge >= 0.3 is 17.9 Å². The molecule has 0 aliphatic carbocycles. The van der Waals surface area contributed by atoms with Crippen molar-refractivity contribution in [2.45, 2.75) is 426 Å². The number of carboxylic acids is 3. The minimum atomic E-state index is -2.73. The quantitative estimate of drug-likeness (QED) is 0.0404. The highest BCUT2D eigenvalue weighted by Crippen LogP contribution is 2.50. The van der Waals surface area contributed by atoms with E-state index in [1.54, 1.807) is 6.92 Å². The molecule has 0 aromatic heterocycles. The van der Waals surface area contributed by atoms with E-state index in [1.807, 2.05) is 0 Å². The average Bonchev–Trinajstić information content (AvgIpc) is 1.37. The van der Waals surface area contributed by atoms with Crippen LogP contribution in [-0.4, -0.2) is 51.2 Å². The molecule has 498 valence electrons. The molecule has 0 spiro atoms. The second kappa shape index (κ2) is 58.7. The lowest BCUT2D eigenvalue weighted by atomic mass is 9.59. The molecule has 0 aromatic rings. The predicted octanol–water partition coefficient (Wildman–Crippen LogP) is 24.8. The predicted molar refractivity (Wildman–Crippen MR) is 360 cm³/mol. The molecule has 0 aromatic carbocycles. The van der Waals surface area contributed by atoms with Crippen molar-refractivity contribution in [1.29, 1.82) is 0 Å². The molecule has 0 bridgehead atoms. The van der Waals surface area contributed by atoms with E-state index in [0.29, 0.717) is 25.7 Å². The van der Waals surface area contributed by atoms with Gasteiger partial charge in [0, 0.05) is 13.0 Å². The van der Waals surface area contributed by atoms with Crippen LogP contribution in [0.3, 0.4) is 0 Å². The molecule has 0 radical (unpaired) electrons. The highest BCUT2D eigenvalue weighted by Gasteiger charge is 2.69. The molecule has 2 atom stereocenters. The van der Waals surface area contributed by atoms with Gasteiger partial charge in [0.2, 0.25) is 5.60 Å². The van der Waals surface area contributed by atoms with E-state index in [1.165, 1.54) is 250 Å². The summed E-state index contributed by atoms with van der Waals surface area (Å²) < 4.78 is 6.45. The molecule has 0 heterocycles. The Morgan fingerprint density at radius 1 is 0.310 bits per heavy atom. The molecule has 0 aliphatic rings. The molecule has 0 fully saturated rings. The van der Waals surface area contributed by atoms with Crippen LogP contribution in [0.15, 0.2) is 0 Å². The first-order valence-corrected chi connectivity index (χ1v) is 37.6. The van der Waals surface area contributed by atoms with Crippen LogP contribution in [0.1, 0.15) is 421 Å². The summed E-state index contributed by atoms with van der Waals surface area (Å²) >= 11 is 0. The maximum Gasteiger partial charge on any atom is 0.338 e. The Kier molecular flexibility index (Phi) is 57.3. The first kappa shape index (κ1) is 82.0. The maximum absolute atomic E-state index is 14.1. The van der Waals surface area contributed by atoms with E-state index in [4.69, 9.17) is 4.74 Å². The van der Waals surface area contributed by atoms with Crippen LogP contribution in [0.5, 0.6) is 0 Å². The largest absolute Gasteiger partial charge is 0.481 e. The first-order valence-electron chi connectivity index (χ1n) is 37.6. The number of carbonyl (C=O) groups excluding carboxylic acids is 1. The van der Waals surface area contributed by atoms with Crippen LogP contribution in [0.4, 0.5) is 0 Å². The summed E-state index contributed by atoms with van der Waals surface area (Å²) in [4.78, 5) is 55.6. The van der Waals surface area contributed by atoms with E-state index < -0.39 is 40.6 Å². The summed E-state index contributed by atoms with van der Waals surface area (Å²) in [5.41, 5.74) is -4.82. The Hall–Kier alpha value is -1.96. The average molecular weight is 1190 g/mol. The minimum Gasteiger partial charge on any atom is -0.481 e. The number of Topliss-reactive ketones (excluding diaryl/α,β-unsaturated/α-hetero) is 1. The van der Waals surface area contributed by atoms with E-state index in [0.717, 1.165) is 94.8 Å². The van der Waals surface area contributed by atoms with Gasteiger partial charge in [0.25, 0.3) is 0 Å². The lowest BCUT2D eigenvalue weighted by molar-refractivity contribution is -0.219. The Morgan fingerprint density at radius 3 is 0.714 bits per heavy atom. The van der Waals surface area contributed by atoms with Gasteiger partial charge in [-0.05, 0) is 43.4 Å². The summed E-state index contributed by atoms with van der Waals surface area (Å²) in [5, 5.41) is 33.8. The van der Waals surface area contributed by atoms with Crippen molar-refractivity contribution >= 4 is 23.7 Å². The normalized spacial score (nSPS) is 13.2. The number of unbranched alkanes of at least 4 members (excludes halogenated alkanes) is 48. The summed E-state index contributed by atoms with van der Waals surface area (Å²) in [5.74, 6) is -4.99. The Labute approximate surface area is 522 Å². The zero-order valence-corrected chi connectivity index (χ0v) is 57.4. The number of ether oxygens (including phenoxy) is 1. The molecule has 0 aliphatic heterocycles. The highest BCUT2D eigenvalue weighted by atomic mass is 16.5. The molecule has 84 heavy (non-hydrogen) atoms. The molecule has 8 heteroatoms. The molecule has 0 rings (SSSR count). The number of carbonyl (C=O) groups is 4. The van der Waals surface area contributed by atoms with Crippen LogP contribution >= 0.6 is 0 Å². The summed E-state index contributed by atoms with van der Waals surface area (Å²) in [6, 6.07) is 0. The second-order valence-corrected chi connectivity index (χ2v) is 28.3. The number of aliphatic carboxylic acids is 3. The lowest BCUT2D eigenvalue weighted by Crippen LogP contribution is -2.67. The molecule has 0 saturated carbocycles. The zero-order chi connectivity index (χ0) is 62.0. The SMILES string of the molecule is CCCC(=O)C(C(=O)O)C(OCCCCCCCCCCCCCCCCCCCC(C)C)(C(=O)O)C(CCCCCCCCCCCCCCCCCCCC(C)C)(CCCCCCCCCCCCCCCCCCCC(C)C)C(=O)O.